The summed E-state index contributed by atoms with van der Waals surface area (Å²) in [5.74, 6) is -0.235. The highest BCUT2D eigenvalue weighted by atomic mass is 79.9. The molecule has 0 aliphatic carbocycles. The lowest BCUT2D eigenvalue weighted by Crippen LogP contribution is -2.34. The van der Waals surface area contributed by atoms with Crippen LogP contribution in [-0.4, -0.2) is 11.9 Å². The molecule has 2 atom stereocenters. The van der Waals surface area contributed by atoms with Gasteiger partial charge in [-0.25, -0.2) is 0 Å². The first kappa shape index (κ1) is 12.2. The number of halogens is 1. The SMILES string of the molecule is CC(N)C(C)C(=O)Nc1ccc(Br)cc1. The van der Waals surface area contributed by atoms with Crippen LogP contribution in [-0.2, 0) is 4.79 Å². The Morgan fingerprint density at radius 3 is 2.33 bits per heavy atom. The van der Waals surface area contributed by atoms with Crippen molar-refractivity contribution < 1.29 is 4.79 Å². The van der Waals surface area contributed by atoms with Crippen molar-refractivity contribution in [2.75, 3.05) is 5.32 Å². The number of rotatable bonds is 3. The van der Waals surface area contributed by atoms with E-state index >= 15 is 0 Å². The molecule has 4 heteroatoms. The molecule has 0 spiro atoms. The van der Waals surface area contributed by atoms with Gasteiger partial charge in [0.15, 0.2) is 0 Å². The molecule has 0 saturated carbocycles. The third kappa shape index (κ3) is 3.64. The van der Waals surface area contributed by atoms with Crippen LogP contribution >= 0.6 is 15.9 Å². The Kier molecular flexibility index (Phi) is 4.29. The quantitative estimate of drug-likeness (QED) is 0.886. The van der Waals surface area contributed by atoms with Gasteiger partial charge < -0.3 is 11.1 Å². The molecule has 0 radical (unpaired) electrons. The summed E-state index contributed by atoms with van der Waals surface area (Å²) in [5, 5.41) is 2.81. The van der Waals surface area contributed by atoms with Crippen LogP contribution in [0.3, 0.4) is 0 Å². The van der Waals surface area contributed by atoms with Crippen molar-refractivity contribution in [2.45, 2.75) is 19.9 Å². The Morgan fingerprint density at radius 2 is 1.87 bits per heavy atom. The minimum atomic E-state index is -0.186. The third-order valence-electron chi connectivity index (χ3n) is 2.31. The highest BCUT2D eigenvalue weighted by Gasteiger charge is 2.16. The topological polar surface area (TPSA) is 55.1 Å². The van der Waals surface area contributed by atoms with E-state index in [1.807, 2.05) is 38.1 Å². The molecule has 1 aromatic rings. The van der Waals surface area contributed by atoms with Crippen molar-refractivity contribution in [2.24, 2.45) is 11.7 Å². The Hall–Kier alpha value is -0.870. The van der Waals surface area contributed by atoms with Crippen LogP contribution in [0, 0.1) is 5.92 Å². The number of amides is 1. The lowest BCUT2D eigenvalue weighted by Gasteiger charge is -2.15. The standard InChI is InChI=1S/C11H15BrN2O/c1-7(8(2)13)11(15)14-10-5-3-9(12)4-6-10/h3-8H,13H2,1-2H3,(H,14,15). The minimum absolute atomic E-state index is 0.0488. The highest BCUT2D eigenvalue weighted by molar-refractivity contribution is 9.10. The molecule has 1 aromatic carbocycles. The second kappa shape index (κ2) is 5.28. The summed E-state index contributed by atoms with van der Waals surface area (Å²) in [4.78, 5) is 11.6. The van der Waals surface area contributed by atoms with E-state index in [0.29, 0.717) is 0 Å². The number of hydrogen-bond acceptors (Lipinski definition) is 2. The van der Waals surface area contributed by atoms with Gasteiger partial charge in [0, 0.05) is 16.2 Å². The summed E-state index contributed by atoms with van der Waals surface area (Å²) < 4.78 is 0.987. The van der Waals surface area contributed by atoms with Gasteiger partial charge in [0.25, 0.3) is 0 Å². The summed E-state index contributed by atoms with van der Waals surface area (Å²) in [7, 11) is 0. The molecule has 15 heavy (non-hydrogen) atoms. The number of hydrogen-bond donors (Lipinski definition) is 2. The van der Waals surface area contributed by atoms with Crippen LogP contribution in [0.25, 0.3) is 0 Å². The molecule has 0 saturated heterocycles. The van der Waals surface area contributed by atoms with Gasteiger partial charge in [0.1, 0.15) is 0 Å². The number of carbonyl (C=O) groups excluding carboxylic acids is 1. The van der Waals surface area contributed by atoms with Crippen molar-refractivity contribution in [3.05, 3.63) is 28.7 Å². The monoisotopic (exact) mass is 270 g/mol. The smallest absolute Gasteiger partial charge is 0.228 e. The lowest BCUT2D eigenvalue weighted by atomic mass is 10.0. The maximum Gasteiger partial charge on any atom is 0.228 e. The van der Waals surface area contributed by atoms with Crippen LogP contribution in [0.2, 0.25) is 0 Å². The predicted octanol–water partition coefficient (Wildman–Crippen LogP) is 2.37. The first-order valence-corrected chi connectivity index (χ1v) is 5.62. The predicted molar refractivity (Wildman–Crippen MR) is 65.6 cm³/mol. The van der Waals surface area contributed by atoms with Gasteiger partial charge in [-0.15, -0.1) is 0 Å². The zero-order valence-electron chi connectivity index (χ0n) is 8.83. The fourth-order valence-corrected chi connectivity index (χ4v) is 1.29. The molecule has 1 amide bonds. The zero-order valence-corrected chi connectivity index (χ0v) is 10.4. The van der Waals surface area contributed by atoms with E-state index in [2.05, 4.69) is 21.2 Å². The van der Waals surface area contributed by atoms with Gasteiger partial charge in [-0.05, 0) is 31.2 Å². The van der Waals surface area contributed by atoms with Gasteiger partial charge in [-0.1, -0.05) is 22.9 Å². The van der Waals surface area contributed by atoms with E-state index < -0.39 is 0 Å². The van der Waals surface area contributed by atoms with Gasteiger partial charge in [-0.2, -0.15) is 0 Å². The second-order valence-corrected chi connectivity index (χ2v) is 4.56. The van der Waals surface area contributed by atoms with Crippen molar-refractivity contribution in [1.82, 2.24) is 0 Å². The Balaban J connectivity index is 2.62. The molecule has 3 nitrogen and oxygen atoms in total. The van der Waals surface area contributed by atoms with E-state index in [4.69, 9.17) is 5.73 Å². The molecule has 2 unspecified atom stereocenters. The molecule has 0 bridgehead atoms. The van der Waals surface area contributed by atoms with E-state index in [-0.39, 0.29) is 17.9 Å². The lowest BCUT2D eigenvalue weighted by molar-refractivity contribution is -0.119. The number of nitrogens with one attached hydrogen (secondary N) is 1. The van der Waals surface area contributed by atoms with Crippen LogP contribution < -0.4 is 11.1 Å². The van der Waals surface area contributed by atoms with E-state index in [9.17, 15) is 4.79 Å². The molecular weight excluding hydrogens is 256 g/mol. The highest BCUT2D eigenvalue weighted by Crippen LogP contribution is 2.15. The first-order chi connectivity index (χ1) is 7.00. The summed E-state index contributed by atoms with van der Waals surface area (Å²) in [6, 6.07) is 7.31. The normalized spacial score (nSPS) is 14.4. The largest absolute Gasteiger partial charge is 0.327 e. The summed E-state index contributed by atoms with van der Waals surface area (Å²) in [6.07, 6.45) is 0. The number of nitrogens with two attached hydrogens (primary N) is 1. The van der Waals surface area contributed by atoms with Crippen molar-refractivity contribution in [3.63, 3.8) is 0 Å². The molecule has 1 rings (SSSR count). The van der Waals surface area contributed by atoms with E-state index in [1.54, 1.807) is 0 Å². The number of benzene rings is 1. The fraction of sp³-hybridized carbons (Fsp3) is 0.364. The third-order valence-corrected chi connectivity index (χ3v) is 2.84. The molecule has 0 aliphatic heterocycles. The van der Waals surface area contributed by atoms with Gasteiger partial charge in [0.05, 0.1) is 5.92 Å². The Labute approximate surface area is 98.2 Å². The molecule has 82 valence electrons. The van der Waals surface area contributed by atoms with Crippen LogP contribution in [0.1, 0.15) is 13.8 Å². The van der Waals surface area contributed by atoms with Gasteiger partial charge in [0.2, 0.25) is 5.91 Å². The van der Waals surface area contributed by atoms with Crippen LogP contribution in [0.4, 0.5) is 5.69 Å². The van der Waals surface area contributed by atoms with E-state index in [1.165, 1.54) is 0 Å². The fourth-order valence-electron chi connectivity index (χ4n) is 1.03. The van der Waals surface area contributed by atoms with Crippen molar-refractivity contribution in [3.8, 4) is 0 Å². The average molecular weight is 271 g/mol. The van der Waals surface area contributed by atoms with Crippen LogP contribution in [0.15, 0.2) is 28.7 Å². The summed E-state index contributed by atoms with van der Waals surface area (Å²) in [5.41, 5.74) is 6.43. The maximum atomic E-state index is 11.6. The average Bonchev–Trinajstić information content (AvgIpc) is 2.20. The molecule has 0 aromatic heterocycles. The van der Waals surface area contributed by atoms with Crippen molar-refractivity contribution in [1.29, 1.82) is 0 Å². The Bertz CT molecular complexity index is 335. The number of carbonyl (C=O) groups is 1. The van der Waals surface area contributed by atoms with Gasteiger partial charge >= 0.3 is 0 Å². The van der Waals surface area contributed by atoms with Crippen LogP contribution in [0.5, 0.6) is 0 Å². The van der Waals surface area contributed by atoms with Gasteiger partial charge in [-0.3, -0.25) is 4.79 Å². The molecule has 0 aliphatic rings. The molecule has 0 fully saturated rings. The summed E-state index contributed by atoms with van der Waals surface area (Å²) in [6.45, 7) is 3.64. The van der Waals surface area contributed by atoms with E-state index in [0.717, 1.165) is 10.2 Å². The maximum absolute atomic E-state index is 11.6. The first-order valence-electron chi connectivity index (χ1n) is 4.82. The Morgan fingerprint density at radius 1 is 1.33 bits per heavy atom. The molecule has 3 N–H and O–H groups in total. The molecule has 0 heterocycles. The molecular formula is C11H15BrN2O. The second-order valence-electron chi connectivity index (χ2n) is 3.64. The van der Waals surface area contributed by atoms with Crippen molar-refractivity contribution >= 4 is 27.5 Å². The number of anilines is 1. The summed E-state index contributed by atoms with van der Waals surface area (Å²) >= 11 is 3.33. The zero-order chi connectivity index (χ0) is 11.4. The minimum Gasteiger partial charge on any atom is -0.327 e.